The van der Waals surface area contributed by atoms with Crippen LogP contribution < -0.4 is 0 Å². The van der Waals surface area contributed by atoms with Crippen molar-refractivity contribution < 1.29 is 49.8 Å². The van der Waals surface area contributed by atoms with E-state index in [1.807, 2.05) is 0 Å². The van der Waals surface area contributed by atoms with Gasteiger partial charge in [-0.05, 0) is 28.3 Å². The Bertz CT molecular complexity index is 1220. The van der Waals surface area contributed by atoms with Crippen LogP contribution in [0.3, 0.4) is 0 Å². The number of esters is 2. The lowest BCUT2D eigenvalue weighted by atomic mass is 9.93. The highest BCUT2D eigenvalue weighted by atomic mass is 19.4. The van der Waals surface area contributed by atoms with Gasteiger partial charge in [-0.3, -0.25) is 4.99 Å². The predicted octanol–water partition coefficient (Wildman–Crippen LogP) is 5.32. The topological polar surface area (TPSA) is 65.0 Å². The number of hydrogen-bond donors (Lipinski definition) is 0. The van der Waals surface area contributed by atoms with Gasteiger partial charge in [0.1, 0.15) is 12.3 Å². The number of carbonyl (C=O) groups is 2. The molecule has 0 heterocycles. The molecule has 192 valence electrons. The normalized spacial score (nSPS) is 15.7. The Morgan fingerprint density at radius 2 is 1.61 bits per heavy atom. The van der Waals surface area contributed by atoms with Crippen molar-refractivity contribution in [1.29, 1.82) is 0 Å². The fourth-order valence-electron chi connectivity index (χ4n) is 3.82. The van der Waals surface area contributed by atoms with E-state index in [-0.39, 0.29) is 12.2 Å². The molecule has 1 unspecified atom stereocenters. The number of benzene rings is 2. The molecule has 1 atom stereocenters. The van der Waals surface area contributed by atoms with E-state index in [1.165, 1.54) is 6.07 Å². The summed E-state index contributed by atoms with van der Waals surface area (Å²) in [6.45, 7) is 2.26. The quantitative estimate of drug-likeness (QED) is 0.206. The summed E-state index contributed by atoms with van der Waals surface area (Å²) in [6, 6.07) is 9.79. The standard InChI is InChI=1S/C24H18F7NO4/c1-3-19(33)36-12-20(34)35-11-18-15-7-5-4-6-14(15)17-10-13(8-9-16(17)18)21(32-2)22(25,26)23(27,28)24(29,30)31/h3-10,18H,1,11-12H2,2H3/b32-21-. The summed E-state index contributed by atoms with van der Waals surface area (Å²) in [5.74, 6) is -14.3. The maximum atomic E-state index is 14.4. The maximum absolute atomic E-state index is 14.4. The Labute approximate surface area is 200 Å². The summed E-state index contributed by atoms with van der Waals surface area (Å²) in [5.41, 5.74) is -0.553. The SMILES string of the molecule is C=CC(=O)OCC(=O)OCC1c2ccccc2-c2cc(/C(=N/C)C(F)(F)C(F)(F)C(F)(F)F)ccc21. The van der Waals surface area contributed by atoms with Crippen molar-refractivity contribution in [3.63, 3.8) is 0 Å². The minimum absolute atomic E-state index is 0.245. The zero-order chi connectivity index (χ0) is 26.9. The van der Waals surface area contributed by atoms with Gasteiger partial charge in [0.25, 0.3) is 0 Å². The van der Waals surface area contributed by atoms with Gasteiger partial charge in [0.2, 0.25) is 0 Å². The zero-order valence-corrected chi connectivity index (χ0v) is 18.5. The molecule has 3 rings (SSSR count). The van der Waals surface area contributed by atoms with Gasteiger partial charge < -0.3 is 9.47 Å². The van der Waals surface area contributed by atoms with Gasteiger partial charge in [-0.2, -0.15) is 30.7 Å². The molecule has 12 heteroatoms. The molecular weight excluding hydrogens is 499 g/mol. The molecule has 0 fully saturated rings. The average Bonchev–Trinajstić information content (AvgIpc) is 3.13. The smallest absolute Gasteiger partial charge is 0.460 e. The van der Waals surface area contributed by atoms with E-state index in [1.54, 1.807) is 24.3 Å². The lowest BCUT2D eigenvalue weighted by molar-refractivity contribution is -0.336. The fourth-order valence-corrected chi connectivity index (χ4v) is 3.82. The Morgan fingerprint density at radius 3 is 2.22 bits per heavy atom. The van der Waals surface area contributed by atoms with Crippen molar-refractivity contribution >= 4 is 17.7 Å². The van der Waals surface area contributed by atoms with Gasteiger partial charge in [-0.1, -0.05) is 43.0 Å². The number of alkyl halides is 7. The summed E-state index contributed by atoms with van der Waals surface area (Å²) in [6.07, 6.45) is -5.65. The van der Waals surface area contributed by atoms with Crippen molar-refractivity contribution in [3.05, 3.63) is 71.8 Å². The second-order valence-corrected chi connectivity index (χ2v) is 7.66. The molecule has 2 aromatic rings. The highest BCUT2D eigenvalue weighted by molar-refractivity contribution is 6.07. The second kappa shape index (κ2) is 9.75. The van der Waals surface area contributed by atoms with Gasteiger partial charge in [-0.15, -0.1) is 0 Å². The molecule has 0 aliphatic heterocycles. The van der Waals surface area contributed by atoms with Crippen LogP contribution in [-0.2, 0) is 19.1 Å². The van der Waals surface area contributed by atoms with Crippen LogP contribution in [0, 0.1) is 0 Å². The fraction of sp³-hybridized carbons (Fsp3) is 0.292. The van der Waals surface area contributed by atoms with E-state index in [2.05, 4.69) is 16.3 Å². The second-order valence-electron chi connectivity index (χ2n) is 7.66. The van der Waals surface area contributed by atoms with Crippen LogP contribution in [0.1, 0.15) is 22.6 Å². The van der Waals surface area contributed by atoms with Crippen LogP contribution in [0.25, 0.3) is 11.1 Å². The van der Waals surface area contributed by atoms with E-state index >= 15 is 0 Å². The Hall–Kier alpha value is -3.70. The van der Waals surface area contributed by atoms with Crippen LogP contribution in [0.15, 0.2) is 60.1 Å². The number of aliphatic imine (C=N–C) groups is 1. The van der Waals surface area contributed by atoms with Crippen molar-refractivity contribution in [2.24, 2.45) is 4.99 Å². The molecule has 5 nitrogen and oxygen atoms in total. The van der Waals surface area contributed by atoms with Crippen molar-refractivity contribution in [1.82, 2.24) is 0 Å². The Morgan fingerprint density at radius 1 is 0.972 bits per heavy atom. The zero-order valence-electron chi connectivity index (χ0n) is 18.5. The highest BCUT2D eigenvalue weighted by Gasteiger charge is 2.74. The lowest BCUT2D eigenvalue weighted by Gasteiger charge is -2.29. The van der Waals surface area contributed by atoms with E-state index in [4.69, 9.17) is 4.74 Å². The first-order valence-corrected chi connectivity index (χ1v) is 10.2. The number of carbonyl (C=O) groups excluding carboxylic acids is 2. The minimum Gasteiger partial charge on any atom is -0.462 e. The summed E-state index contributed by atoms with van der Waals surface area (Å²) >= 11 is 0. The van der Waals surface area contributed by atoms with E-state index in [0.717, 1.165) is 18.2 Å². The molecule has 0 saturated carbocycles. The van der Waals surface area contributed by atoms with Crippen LogP contribution >= 0.6 is 0 Å². The first-order chi connectivity index (χ1) is 16.8. The molecular formula is C24H18F7NO4. The summed E-state index contributed by atoms with van der Waals surface area (Å²) in [7, 11) is 0.693. The van der Waals surface area contributed by atoms with E-state index in [9.17, 15) is 40.3 Å². The molecule has 0 radical (unpaired) electrons. The van der Waals surface area contributed by atoms with Gasteiger partial charge in [0, 0.05) is 24.6 Å². The predicted molar refractivity (Wildman–Crippen MR) is 114 cm³/mol. The average molecular weight is 517 g/mol. The monoisotopic (exact) mass is 517 g/mol. The van der Waals surface area contributed by atoms with Crippen LogP contribution in [0.2, 0.25) is 0 Å². The third-order valence-electron chi connectivity index (χ3n) is 5.51. The molecule has 0 aromatic heterocycles. The molecule has 36 heavy (non-hydrogen) atoms. The number of fused-ring (bicyclic) bond motifs is 3. The summed E-state index contributed by atoms with van der Waals surface area (Å²) in [4.78, 5) is 26.1. The largest absolute Gasteiger partial charge is 0.462 e. The number of nitrogens with zero attached hydrogens (tertiary/aromatic N) is 1. The third kappa shape index (κ3) is 4.71. The van der Waals surface area contributed by atoms with Gasteiger partial charge in [-0.25, -0.2) is 9.59 Å². The first kappa shape index (κ1) is 26.9. The Kier molecular flexibility index (Phi) is 7.28. The van der Waals surface area contributed by atoms with Gasteiger partial charge >= 0.3 is 30.0 Å². The number of ether oxygens (including phenoxy) is 2. The number of rotatable bonds is 8. The van der Waals surface area contributed by atoms with Gasteiger partial charge in [0.15, 0.2) is 6.61 Å². The summed E-state index contributed by atoms with van der Waals surface area (Å²) in [5, 5.41) is 0. The van der Waals surface area contributed by atoms with Crippen LogP contribution in [0.5, 0.6) is 0 Å². The van der Waals surface area contributed by atoms with Crippen molar-refractivity contribution in [2.75, 3.05) is 20.3 Å². The van der Waals surface area contributed by atoms with Crippen LogP contribution in [-0.4, -0.2) is 55.9 Å². The highest BCUT2D eigenvalue weighted by Crippen LogP contribution is 2.49. The molecule has 0 N–H and O–H groups in total. The van der Waals surface area contributed by atoms with Crippen molar-refractivity contribution in [2.45, 2.75) is 23.9 Å². The number of halogens is 7. The van der Waals surface area contributed by atoms with Crippen LogP contribution in [0.4, 0.5) is 30.7 Å². The number of hydrogen-bond acceptors (Lipinski definition) is 5. The maximum Gasteiger partial charge on any atom is 0.460 e. The van der Waals surface area contributed by atoms with Gasteiger partial charge in [0.05, 0.1) is 0 Å². The molecule has 2 aromatic carbocycles. The molecule has 0 bridgehead atoms. The first-order valence-electron chi connectivity index (χ1n) is 10.2. The summed E-state index contributed by atoms with van der Waals surface area (Å²) < 4.78 is 104. The Balaban J connectivity index is 1.95. The molecule has 0 spiro atoms. The molecule has 0 saturated heterocycles. The molecule has 0 amide bonds. The van der Waals surface area contributed by atoms with Crippen molar-refractivity contribution in [3.8, 4) is 11.1 Å². The lowest BCUT2D eigenvalue weighted by Crippen LogP contribution is -2.56. The molecule has 1 aliphatic rings. The minimum atomic E-state index is -6.51. The third-order valence-corrected chi connectivity index (χ3v) is 5.51. The molecule has 1 aliphatic carbocycles. The van der Waals surface area contributed by atoms with E-state index < -0.39 is 53.8 Å². The van der Waals surface area contributed by atoms with E-state index in [0.29, 0.717) is 23.7 Å².